The summed E-state index contributed by atoms with van der Waals surface area (Å²) in [6.07, 6.45) is 0. The molecule has 0 unspecified atom stereocenters. The molecular formula is C27H24N4O6S2. The third kappa shape index (κ3) is 6.03. The third-order valence-electron chi connectivity index (χ3n) is 6.15. The minimum absolute atomic E-state index is 0.00398. The molecule has 200 valence electrons. The van der Waals surface area contributed by atoms with E-state index in [1.54, 1.807) is 41.3 Å². The summed E-state index contributed by atoms with van der Waals surface area (Å²) in [6, 6.07) is 16.7. The molecular weight excluding hydrogens is 540 g/mol. The zero-order valence-corrected chi connectivity index (χ0v) is 22.5. The number of amides is 2. The Morgan fingerprint density at radius 3 is 2.64 bits per heavy atom. The van der Waals surface area contributed by atoms with E-state index in [9.17, 15) is 19.7 Å². The van der Waals surface area contributed by atoms with E-state index in [0.717, 1.165) is 14.6 Å². The van der Waals surface area contributed by atoms with Crippen LogP contribution in [0.25, 0.3) is 10.2 Å². The number of thioether (sulfide) groups is 1. The molecule has 12 heteroatoms. The molecule has 1 saturated heterocycles. The lowest BCUT2D eigenvalue weighted by molar-refractivity contribution is -0.384. The van der Waals surface area contributed by atoms with Crippen molar-refractivity contribution in [3.63, 3.8) is 0 Å². The molecule has 3 aromatic carbocycles. The quantitative estimate of drug-likeness (QED) is 0.175. The van der Waals surface area contributed by atoms with E-state index in [2.05, 4.69) is 10.3 Å². The maximum Gasteiger partial charge on any atom is 0.270 e. The molecule has 0 saturated carbocycles. The topological polar surface area (TPSA) is 124 Å². The van der Waals surface area contributed by atoms with Crippen LogP contribution in [0, 0.1) is 10.1 Å². The minimum atomic E-state index is -0.432. The molecule has 1 N–H and O–H groups in total. The molecule has 0 atom stereocenters. The van der Waals surface area contributed by atoms with Gasteiger partial charge in [-0.3, -0.25) is 19.7 Å². The van der Waals surface area contributed by atoms with Gasteiger partial charge in [0.2, 0.25) is 0 Å². The van der Waals surface area contributed by atoms with Crippen molar-refractivity contribution in [2.45, 2.75) is 10.1 Å². The Balaban J connectivity index is 1.30. The highest BCUT2D eigenvalue weighted by Crippen LogP contribution is 2.35. The number of fused-ring (bicyclic) bond motifs is 1. The standard InChI is InChI=1S/C27H24N4O6S2/c1-36-23-9-7-19(31(34)35)14-17(23)16-38-27-29-22-8-6-18(15-24(22)39-27)28-25(32)20-4-2-3-5-21(20)26(33)30-10-12-37-13-11-30/h2-9,14-15H,10-13,16H2,1H3,(H,28,32). The SMILES string of the molecule is COc1ccc([N+](=O)[O-])cc1CSc1nc2ccc(NC(=O)c3ccccc3C(=O)N3CCOCC3)cc2s1. The summed E-state index contributed by atoms with van der Waals surface area (Å²) in [5, 5.41) is 14.1. The lowest BCUT2D eigenvalue weighted by atomic mass is 10.0. The van der Waals surface area contributed by atoms with Gasteiger partial charge in [-0.2, -0.15) is 0 Å². The third-order valence-corrected chi connectivity index (χ3v) is 8.36. The Labute approximate surface area is 232 Å². The molecule has 39 heavy (non-hydrogen) atoms. The number of hydrogen-bond donors (Lipinski definition) is 1. The lowest BCUT2D eigenvalue weighted by Gasteiger charge is -2.27. The average Bonchev–Trinajstić information content (AvgIpc) is 3.38. The number of non-ortho nitro benzene ring substituents is 1. The van der Waals surface area contributed by atoms with Gasteiger partial charge in [-0.05, 0) is 36.4 Å². The summed E-state index contributed by atoms with van der Waals surface area (Å²) >= 11 is 2.91. The fourth-order valence-corrected chi connectivity index (χ4v) is 6.26. The molecule has 1 fully saturated rings. The number of anilines is 1. The van der Waals surface area contributed by atoms with Gasteiger partial charge in [-0.15, -0.1) is 11.3 Å². The van der Waals surface area contributed by atoms with Gasteiger partial charge >= 0.3 is 0 Å². The number of nitrogens with zero attached hydrogens (tertiary/aromatic N) is 3. The van der Waals surface area contributed by atoms with Gasteiger partial charge in [-0.25, -0.2) is 4.98 Å². The number of ether oxygens (including phenoxy) is 2. The number of nitro groups is 1. The van der Waals surface area contributed by atoms with Crippen LogP contribution >= 0.6 is 23.1 Å². The van der Waals surface area contributed by atoms with E-state index in [0.29, 0.717) is 60.2 Å². The van der Waals surface area contributed by atoms with Crippen molar-refractivity contribution in [3.05, 3.63) is 87.5 Å². The van der Waals surface area contributed by atoms with Crippen LogP contribution in [0.5, 0.6) is 5.75 Å². The number of carbonyl (C=O) groups excluding carboxylic acids is 2. The molecule has 0 radical (unpaired) electrons. The van der Waals surface area contributed by atoms with Gasteiger partial charge in [0.15, 0.2) is 4.34 Å². The van der Waals surface area contributed by atoms with Crippen LogP contribution in [0.4, 0.5) is 11.4 Å². The van der Waals surface area contributed by atoms with Crippen molar-refractivity contribution in [1.29, 1.82) is 0 Å². The van der Waals surface area contributed by atoms with Gasteiger partial charge in [0.05, 0.1) is 46.6 Å². The maximum atomic E-state index is 13.2. The zero-order chi connectivity index (χ0) is 27.4. The normalized spacial score (nSPS) is 13.3. The highest BCUT2D eigenvalue weighted by molar-refractivity contribution is 8.00. The first-order valence-corrected chi connectivity index (χ1v) is 13.9. The van der Waals surface area contributed by atoms with Crippen molar-refractivity contribution >= 4 is 56.5 Å². The van der Waals surface area contributed by atoms with E-state index in [1.165, 1.54) is 42.3 Å². The summed E-state index contributed by atoms with van der Waals surface area (Å²) in [4.78, 5) is 43.3. The summed E-state index contributed by atoms with van der Waals surface area (Å²) in [5.41, 5.74) is 2.72. The van der Waals surface area contributed by atoms with E-state index in [4.69, 9.17) is 9.47 Å². The Morgan fingerprint density at radius 2 is 1.90 bits per heavy atom. The molecule has 2 heterocycles. The van der Waals surface area contributed by atoms with Crippen LogP contribution in [0.15, 0.2) is 65.0 Å². The number of methoxy groups -OCH3 is 1. The maximum absolute atomic E-state index is 13.2. The number of aromatic nitrogens is 1. The predicted octanol–water partition coefficient (Wildman–Crippen LogP) is 5.23. The first kappa shape index (κ1) is 26.6. The molecule has 1 aliphatic heterocycles. The summed E-state index contributed by atoms with van der Waals surface area (Å²) < 4.78 is 12.3. The Kier molecular flexibility index (Phi) is 8.05. The first-order valence-electron chi connectivity index (χ1n) is 12.0. The highest BCUT2D eigenvalue weighted by Gasteiger charge is 2.23. The predicted molar refractivity (Wildman–Crippen MR) is 150 cm³/mol. The minimum Gasteiger partial charge on any atom is -0.496 e. The van der Waals surface area contributed by atoms with Crippen LogP contribution in [-0.2, 0) is 10.5 Å². The van der Waals surface area contributed by atoms with Gasteiger partial charge in [-0.1, -0.05) is 23.9 Å². The van der Waals surface area contributed by atoms with Crippen molar-refractivity contribution in [2.24, 2.45) is 0 Å². The van der Waals surface area contributed by atoms with E-state index < -0.39 is 4.92 Å². The number of hydrogen-bond acceptors (Lipinski definition) is 9. The fraction of sp³-hybridized carbons (Fsp3) is 0.222. The summed E-state index contributed by atoms with van der Waals surface area (Å²) in [5.74, 6) is 0.460. The Hall–Kier alpha value is -4.00. The smallest absolute Gasteiger partial charge is 0.270 e. The molecule has 0 spiro atoms. The zero-order valence-electron chi connectivity index (χ0n) is 20.9. The summed E-state index contributed by atoms with van der Waals surface area (Å²) in [7, 11) is 1.53. The van der Waals surface area contributed by atoms with Crippen molar-refractivity contribution < 1.29 is 24.0 Å². The monoisotopic (exact) mass is 564 g/mol. The van der Waals surface area contributed by atoms with Crippen molar-refractivity contribution in [2.75, 3.05) is 38.7 Å². The molecule has 10 nitrogen and oxygen atoms in total. The average molecular weight is 565 g/mol. The van der Waals surface area contributed by atoms with Crippen LogP contribution < -0.4 is 10.1 Å². The highest BCUT2D eigenvalue weighted by atomic mass is 32.2. The number of benzene rings is 3. The Bertz CT molecular complexity index is 1550. The number of thiazole rings is 1. The van der Waals surface area contributed by atoms with Gasteiger partial charge in [0.1, 0.15) is 5.75 Å². The number of nitro benzene ring substituents is 1. The van der Waals surface area contributed by atoms with Crippen molar-refractivity contribution in [1.82, 2.24) is 9.88 Å². The molecule has 5 rings (SSSR count). The number of morpholine rings is 1. The van der Waals surface area contributed by atoms with Crippen LogP contribution in [0.1, 0.15) is 26.3 Å². The first-order chi connectivity index (χ1) is 18.9. The van der Waals surface area contributed by atoms with Crippen LogP contribution in [0.2, 0.25) is 0 Å². The van der Waals surface area contributed by atoms with Gasteiger partial charge in [0, 0.05) is 42.2 Å². The number of rotatable bonds is 8. The fourth-order valence-electron chi connectivity index (χ4n) is 4.18. The molecule has 1 aromatic heterocycles. The molecule has 0 aliphatic carbocycles. The number of carbonyl (C=O) groups is 2. The summed E-state index contributed by atoms with van der Waals surface area (Å²) in [6.45, 7) is 1.94. The molecule has 2 amide bonds. The molecule has 4 aromatic rings. The van der Waals surface area contributed by atoms with E-state index in [-0.39, 0.29) is 17.5 Å². The molecule has 1 aliphatic rings. The lowest BCUT2D eigenvalue weighted by Crippen LogP contribution is -2.41. The van der Waals surface area contributed by atoms with Gasteiger partial charge in [0.25, 0.3) is 17.5 Å². The second-order valence-corrected chi connectivity index (χ2v) is 10.9. The van der Waals surface area contributed by atoms with Gasteiger partial charge < -0.3 is 19.7 Å². The van der Waals surface area contributed by atoms with Crippen LogP contribution in [-0.4, -0.2) is 60.0 Å². The second-order valence-electron chi connectivity index (χ2n) is 8.61. The second kappa shape index (κ2) is 11.8. The Morgan fingerprint density at radius 1 is 1.13 bits per heavy atom. The van der Waals surface area contributed by atoms with Crippen molar-refractivity contribution in [3.8, 4) is 5.75 Å². The molecule has 0 bridgehead atoms. The largest absolute Gasteiger partial charge is 0.496 e. The van der Waals surface area contributed by atoms with E-state index >= 15 is 0 Å². The number of nitrogens with one attached hydrogen (secondary N) is 1. The van der Waals surface area contributed by atoms with Crippen LogP contribution in [0.3, 0.4) is 0 Å². The van der Waals surface area contributed by atoms with E-state index in [1.807, 2.05) is 12.1 Å².